The SMILES string of the molecule is COc1ccc(CN2CC[C@@]34CCN(CC5CC5)[C@H](Cc5ccc(OC)cc53)[C@@H]4C2)cc1. The highest BCUT2D eigenvalue weighted by Crippen LogP contribution is 2.54. The molecule has 4 heteroatoms. The number of ether oxygens (including phenoxy) is 2. The van der Waals surface area contributed by atoms with Gasteiger partial charge in [-0.1, -0.05) is 18.2 Å². The quantitative estimate of drug-likeness (QED) is 0.671. The van der Waals surface area contributed by atoms with E-state index in [9.17, 15) is 0 Å². The number of hydrogen-bond acceptors (Lipinski definition) is 4. The molecule has 1 saturated carbocycles. The molecule has 3 fully saturated rings. The van der Waals surface area contributed by atoms with Crippen molar-refractivity contribution < 1.29 is 9.47 Å². The fraction of sp³-hybridized carbons (Fsp3) is 0.571. The molecule has 4 aliphatic rings. The summed E-state index contributed by atoms with van der Waals surface area (Å²) in [6, 6.07) is 16.2. The van der Waals surface area contributed by atoms with Gasteiger partial charge in [0.1, 0.15) is 11.5 Å². The molecular formula is C28H36N2O2. The van der Waals surface area contributed by atoms with E-state index in [1.165, 1.54) is 63.8 Å². The van der Waals surface area contributed by atoms with Crippen molar-refractivity contribution >= 4 is 0 Å². The third-order valence-corrected chi connectivity index (χ3v) is 8.85. The molecule has 32 heavy (non-hydrogen) atoms. The Bertz CT molecular complexity index is 970. The lowest BCUT2D eigenvalue weighted by Gasteiger charge is -2.60. The van der Waals surface area contributed by atoms with Crippen molar-refractivity contribution in [2.75, 3.05) is 40.4 Å². The van der Waals surface area contributed by atoms with Crippen LogP contribution in [0.4, 0.5) is 0 Å². The monoisotopic (exact) mass is 432 g/mol. The summed E-state index contributed by atoms with van der Waals surface area (Å²) in [6.45, 7) is 6.01. The van der Waals surface area contributed by atoms with Gasteiger partial charge in [-0.2, -0.15) is 0 Å². The smallest absolute Gasteiger partial charge is 0.119 e. The Morgan fingerprint density at radius 3 is 2.44 bits per heavy atom. The van der Waals surface area contributed by atoms with Crippen LogP contribution in [0.3, 0.4) is 0 Å². The molecule has 2 aromatic rings. The second-order valence-corrected chi connectivity index (χ2v) is 10.6. The molecule has 2 bridgehead atoms. The van der Waals surface area contributed by atoms with Gasteiger partial charge in [-0.3, -0.25) is 9.80 Å². The maximum absolute atomic E-state index is 5.66. The standard InChI is InChI=1S/C28H36N2O2/c1-31-23-8-5-20(6-9-23)17-29-13-11-28-12-14-30(18-21-3-4-21)27(26(28)19-29)15-22-7-10-24(32-2)16-25(22)28/h5-10,16,21,26-27H,3-4,11-15,17-19H2,1-2H3/t26-,27+,28+/m0/s1. The second-order valence-electron chi connectivity index (χ2n) is 10.6. The summed E-state index contributed by atoms with van der Waals surface area (Å²) in [5.74, 6) is 3.63. The van der Waals surface area contributed by atoms with E-state index in [1.54, 1.807) is 25.3 Å². The van der Waals surface area contributed by atoms with Crippen LogP contribution in [0.2, 0.25) is 0 Å². The molecule has 0 spiro atoms. The average molecular weight is 433 g/mol. The zero-order valence-electron chi connectivity index (χ0n) is 19.6. The lowest BCUT2D eigenvalue weighted by atomic mass is 9.54. The van der Waals surface area contributed by atoms with Gasteiger partial charge < -0.3 is 9.47 Å². The van der Waals surface area contributed by atoms with Crippen molar-refractivity contribution in [2.24, 2.45) is 11.8 Å². The van der Waals surface area contributed by atoms with Crippen molar-refractivity contribution in [2.45, 2.75) is 50.1 Å². The van der Waals surface area contributed by atoms with E-state index in [0.717, 1.165) is 24.0 Å². The maximum Gasteiger partial charge on any atom is 0.119 e. The van der Waals surface area contributed by atoms with Crippen LogP contribution < -0.4 is 9.47 Å². The average Bonchev–Trinajstić information content (AvgIpc) is 3.65. The minimum atomic E-state index is 0.323. The summed E-state index contributed by atoms with van der Waals surface area (Å²) < 4.78 is 11.0. The first-order chi connectivity index (χ1) is 15.7. The largest absolute Gasteiger partial charge is 0.497 e. The number of likely N-dealkylation sites (tertiary alicyclic amines) is 2. The lowest BCUT2D eigenvalue weighted by Crippen LogP contribution is -2.65. The lowest BCUT2D eigenvalue weighted by molar-refractivity contribution is -0.0414. The molecular weight excluding hydrogens is 396 g/mol. The first kappa shape index (κ1) is 20.6. The third-order valence-electron chi connectivity index (χ3n) is 8.85. The van der Waals surface area contributed by atoms with Crippen LogP contribution in [0.5, 0.6) is 11.5 Å². The Morgan fingerprint density at radius 2 is 1.69 bits per heavy atom. The normalized spacial score (nSPS) is 29.8. The van der Waals surface area contributed by atoms with Crippen LogP contribution in [0, 0.1) is 11.8 Å². The second kappa shape index (κ2) is 8.07. The van der Waals surface area contributed by atoms with Gasteiger partial charge in [0.2, 0.25) is 0 Å². The molecule has 0 aromatic heterocycles. The summed E-state index contributed by atoms with van der Waals surface area (Å²) in [6.07, 6.45) is 6.65. The highest BCUT2D eigenvalue weighted by Gasteiger charge is 2.55. The molecule has 6 rings (SSSR count). The first-order valence-electron chi connectivity index (χ1n) is 12.5. The van der Waals surface area contributed by atoms with Gasteiger partial charge in [0.15, 0.2) is 0 Å². The third kappa shape index (κ3) is 3.52. The van der Waals surface area contributed by atoms with Gasteiger partial charge in [-0.25, -0.2) is 0 Å². The van der Waals surface area contributed by atoms with E-state index in [2.05, 4.69) is 52.3 Å². The van der Waals surface area contributed by atoms with Gasteiger partial charge >= 0.3 is 0 Å². The van der Waals surface area contributed by atoms with Crippen molar-refractivity contribution in [3.8, 4) is 11.5 Å². The fourth-order valence-electron chi connectivity index (χ4n) is 6.93. The number of fused-ring (bicyclic) bond motifs is 1. The molecule has 4 nitrogen and oxygen atoms in total. The van der Waals surface area contributed by atoms with Crippen LogP contribution in [-0.2, 0) is 18.4 Å². The zero-order chi connectivity index (χ0) is 21.7. The molecule has 2 aliphatic heterocycles. The molecule has 170 valence electrons. The van der Waals surface area contributed by atoms with Gasteiger partial charge in [0, 0.05) is 31.1 Å². The fourth-order valence-corrected chi connectivity index (χ4v) is 6.93. The van der Waals surface area contributed by atoms with Crippen LogP contribution in [0.25, 0.3) is 0 Å². The molecule has 2 aliphatic carbocycles. The van der Waals surface area contributed by atoms with Crippen LogP contribution >= 0.6 is 0 Å². The summed E-state index contributed by atoms with van der Waals surface area (Å²) in [7, 11) is 3.54. The summed E-state index contributed by atoms with van der Waals surface area (Å²) in [5.41, 5.74) is 4.90. The Morgan fingerprint density at radius 1 is 0.938 bits per heavy atom. The predicted octanol–water partition coefficient (Wildman–Crippen LogP) is 4.50. The Hall–Kier alpha value is -2.04. The molecule has 2 heterocycles. The summed E-state index contributed by atoms with van der Waals surface area (Å²) in [5, 5.41) is 0. The number of hydrogen-bond donors (Lipinski definition) is 0. The minimum Gasteiger partial charge on any atom is -0.497 e. The Labute approximate surface area is 192 Å². The van der Waals surface area contributed by atoms with Crippen molar-refractivity contribution in [3.63, 3.8) is 0 Å². The molecule has 2 saturated heterocycles. The van der Waals surface area contributed by atoms with Gasteiger partial charge in [0.05, 0.1) is 14.2 Å². The van der Waals surface area contributed by atoms with E-state index < -0.39 is 0 Å². The van der Waals surface area contributed by atoms with Crippen LogP contribution in [-0.4, -0.2) is 56.2 Å². The van der Waals surface area contributed by atoms with Gasteiger partial charge in [0.25, 0.3) is 0 Å². The molecule has 0 radical (unpaired) electrons. The highest BCUT2D eigenvalue weighted by molar-refractivity contribution is 5.46. The Balaban J connectivity index is 1.30. The zero-order valence-corrected chi connectivity index (χ0v) is 19.6. The van der Waals surface area contributed by atoms with Crippen molar-refractivity contribution in [1.29, 1.82) is 0 Å². The molecule has 2 aromatic carbocycles. The number of piperidine rings is 2. The van der Waals surface area contributed by atoms with E-state index >= 15 is 0 Å². The number of nitrogens with zero attached hydrogens (tertiary/aromatic N) is 2. The molecule has 0 amide bonds. The van der Waals surface area contributed by atoms with E-state index in [4.69, 9.17) is 9.47 Å². The van der Waals surface area contributed by atoms with Gasteiger partial charge in [-0.05, 0) is 98.0 Å². The minimum absolute atomic E-state index is 0.323. The van der Waals surface area contributed by atoms with Gasteiger partial charge in [-0.15, -0.1) is 0 Å². The molecule has 0 N–H and O–H groups in total. The van der Waals surface area contributed by atoms with E-state index in [1.807, 2.05) is 0 Å². The molecule has 0 unspecified atom stereocenters. The number of rotatable bonds is 6. The number of methoxy groups -OCH3 is 2. The first-order valence-corrected chi connectivity index (χ1v) is 12.5. The van der Waals surface area contributed by atoms with Crippen LogP contribution in [0.15, 0.2) is 42.5 Å². The summed E-state index contributed by atoms with van der Waals surface area (Å²) in [4.78, 5) is 5.59. The Kier molecular flexibility index (Phi) is 5.19. The van der Waals surface area contributed by atoms with Crippen molar-refractivity contribution in [1.82, 2.24) is 9.80 Å². The molecule has 3 atom stereocenters. The van der Waals surface area contributed by atoms with E-state index in [-0.39, 0.29) is 0 Å². The maximum atomic E-state index is 5.66. The van der Waals surface area contributed by atoms with Crippen molar-refractivity contribution in [3.05, 3.63) is 59.2 Å². The van der Waals surface area contributed by atoms with Crippen LogP contribution in [0.1, 0.15) is 42.4 Å². The summed E-state index contributed by atoms with van der Waals surface area (Å²) >= 11 is 0. The predicted molar refractivity (Wildman–Crippen MR) is 127 cm³/mol. The topological polar surface area (TPSA) is 24.9 Å². The highest BCUT2D eigenvalue weighted by atomic mass is 16.5. The van der Waals surface area contributed by atoms with E-state index in [0.29, 0.717) is 17.4 Å². The number of benzene rings is 2.